The van der Waals surface area contributed by atoms with E-state index in [0.29, 0.717) is 12.2 Å². The molecule has 0 spiro atoms. The molecular formula is C30H27N3O3. The van der Waals surface area contributed by atoms with Gasteiger partial charge >= 0.3 is 0 Å². The smallest absolute Gasteiger partial charge is 0.267 e. The number of nitrogens with one attached hydrogen (secondary N) is 1. The van der Waals surface area contributed by atoms with E-state index < -0.39 is 5.91 Å². The van der Waals surface area contributed by atoms with Crippen molar-refractivity contribution in [2.24, 2.45) is 5.73 Å². The fraction of sp³-hybridized carbons (Fsp3) is 0.167. The number of hydrogen-bond donors (Lipinski definition) is 2. The standard InChI is InChI=1S/C30H27N3O3/c31-29(34)28-16-20(14-15-32-28)19-36-27-13-11-23-10-12-26(17-25(23)18-27)33-30(35)24-8-6-22(7-9-24)21-4-2-1-3-5-21/h1-9,11,13-16,18,26H,10,12,17,19H2,(H2,31,34)(H,33,35). The zero-order chi connectivity index (χ0) is 24.9. The SMILES string of the molecule is NC(=O)c1cc(COc2ccc3c(c2)CC(NC(=O)c2ccc(-c4ccccc4)cc2)CC3)ccn1. The molecule has 3 N–H and O–H groups in total. The lowest BCUT2D eigenvalue weighted by Gasteiger charge is -2.26. The van der Waals surface area contributed by atoms with E-state index in [1.54, 1.807) is 18.3 Å². The number of benzene rings is 3. The minimum absolute atomic E-state index is 0.0570. The molecule has 1 aliphatic rings. The van der Waals surface area contributed by atoms with E-state index in [4.69, 9.17) is 10.5 Å². The van der Waals surface area contributed by atoms with Crippen LogP contribution in [0.4, 0.5) is 0 Å². The van der Waals surface area contributed by atoms with Crippen molar-refractivity contribution in [2.75, 3.05) is 0 Å². The van der Waals surface area contributed by atoms with Crippen LogP contribution in [0.2, 0.25) is 0 Å². The van der Waals surface area contributed by atoms with Gasteiger partial charge in [-0.15, -0.1) is 0 Å². The molecule has 4 aromatic rings. The Hall–Kier alpha value is -4.45. The summed E-state index contributed by atoms with van der Waals surface area (Å²) in [6.45, 7) is 0.306. The number of hydrogen-bond acceptors (Lipinski definition) is 4. The van der Waals surface area contributed by atoms with Gasteiger partial charge < -0.3 is 15.8 Å². The molecule has 1 unspecified atom stereocenters. The number of primary amides is 1. The zero-order valence-electron chi connectivity index (χ0n) is 19.8. The molecule has 1 aromatic heterocycles. The molecule has 180 valence electrons. The summed E-state index contributed by atoms with van der Waals surface area (Å²) >= 11 is 0. The summed E-state index contributed by atoms with van der Waals surface area (Å²) in [6.07, 6.45) is 4.10. The maximum Gasteiger partial charge on any atom is 0.267 e. The van der Waals surface area contributed by atoms with Crippen LogP contribution in [0.15, 0.2) is 91.1 Å². The van der Waals surface area contributed by atoms with E-state index in [-0.39, 0.29) is 17.6 Å². The predicted octanol–water partition coefficient (Wildman–Crippen LogP) is 4.71. The second-order valence-electron chi connectivity index (χ2n) is 8.99. The second kappa shape index (κ2) is 10.4. The fourth-order valence-corrected chi connectivity index (χ4v) is 4.53. The van der Waals surface area contributed by atoms with E-state index in [1.807, 2.05) is 54.6 Å². The van der Waals surface area contributed by atoms with Gasteiger partial charge in [0.05, 0.1) is 0 Å². The monoisotopic (exact) mass is 477 g/mol. The van der Waals surface area contributed by atoms with Crippen molar-refractivity contribution in [3.8, 4) is 16.9 Å². The summed E-state index contributed by atoms with van der Waals surface area (Å²) < 4.78 is 5.96. The predicted molar refractivity (Wildman–Crippen MR) is 139 cm³/mol. The number of carbonyl (C=O) groups is 2. The minimum Gasteiger partial charge on any atom is -0.489 e. The highest BCUT2D eigenvalue weighted by atomic mass is 16.5. The Kier molecular flexibility index (Phi) is 6.76. The Morgan fingerprint density at radius 3 is 2.47 bits per heavy atom. The summed E-state index contributed by atoms with van der Waals surface area (Å²) in [4.78, 5) is 28.2. The van der Waals surface area contributed by atoms with E-state index in [0.717, 1.165) is 41.7 Å². The summed E-state index contributed by atoms with van der Waals surface area (Å²) in [7, 11) is 0. The van der Waals surface area contributed by atoms with E-state index in [9.17, 15) is 9.59 Å². The van der Waals surface area contributed by atoms with Crippen molar-refractivity contribution in [2.45, 2.75) is 31.9 Å². The molecule has 0 saturated heterocycles. The number of amides is 2. The maximum atomic E-state index is 12.9. The molecule has 6 nitrogen and oxygen atoms in total. The first-order valence-corrected chi connectivity index (χ1v) is 12.0. The summed E-state index contributed by atoms with van der Waals surface area (Å²) in [5.74, 6) is 0.124. The van der Waals surface area contributed by atoms with Crippen molar-refractivity contribution >= 4 is 11.8 Å². The van der Waals surface area contributed by atoms with Crippen LogP contribution in [-0.2, 0) is 19.4 Å². The van der Waals surface area contributed by atoms with Crippen LogP contribution >= 0.6 is 0 Å². The van der Waals surface area contributed by atoms with Crippen LogP contribution in [-0.4, -0.2) is 22.8 Å². The number of nitrogens with zero attached hydrogens (tertiary/aromatic N) is 1. The molecule has 36 heavy (non-hydrogen) atoms. The van der Waals surface area contributed by atoms with Crippen LogP contribution in [0.25, 0.3) is 11.1 Å². The van der Waals surface area contributed by atoms with Gasteiger partial charge in [-0.25, -0.2) is 0 Å². The molecular weight excluding hydrogens is 450 g/mol. The number of aryl methyl sites for hydroxylation is 1. The van der Waals surface area contributed by atoms with Crippen LogP contribution in [0.3, 0.4) is 0 Å². The maximum absolute atomic E-state index is 12.9. The number of ether oxygens (including phenoxy) is 1. The largest absolute Gasteiger partial charge is 0.489 e. The van der Waals surface area contributed by atoms with Crippen LogP contribution in [0.5, 0.6) is 5.75 Å². The van der Waals surface area contributed by atoms with Crippen molar-refractivity contribution in [1.29, 1.82) is 0 Å². The molecule has 0 saturated carbocycles. The molecule has 0 fully saturated rings. The molecule has 0 bridgehead atoms. The molecule has 1 heterocycles. The number of rotatable bonds is 7. The molecule has 5 rings (SSSR count). The summed E-state index contributed by atoms with van der Waals surface area (Å²) in [5.41, 5.74) is 11.7. The molecule has 1 aliphatic carbocycles. The molecule has 0 aliphatic heterocycles. The highest BCUT2D eigenvalue weighted by molar-refractivity contribution is 5.95. The van der Waals surface area contributed by atoms with Gasteiger partial charge in [0.15, 0.2) is 0 Å². The average molecular weight is 478 g/mol. The lowest BCUT2D eigenvalue weighted by molar-refractivity contribution is 0.0932. The van der Waals surface area contributed by atoms with Crippen molar-refractivity contribution in [3.05, 3.63) is 119 Å². The minimum atomic E-state index is -0.564. The summed E-state index contributed by atoms with van der Waals surface area (Å²) in [6, 6.07) is 27.4. The zero-order valence-corrected chi connectivity index (χ0v) is 19.8. The number of fused-ring (bicyclic) bond motifs is 1. The van der Waals surface area contributed by atoms with Gasteiger partial charge in [0.25, 0.3) is 11.8 Å². The summed E-state index contributed by atoms with van der Waals surface area (Å²) in [5, 5.41) is 3.20. The first-order valence-electron chi connectivity index (χ1n) is 12.0. The Morgan fingerprint density at radius 2 is 1.69 bits per heavy atom. The van der Waals surface area contributed by atoms with E-state index in [1.165, 1.54) is 11.1 Å². The Bertz CT molecular complexity index is 1380. The number of pyridine rings is 1. The van der Waals surface area contributed by atoms with Gasteiger partial charge in [-0.1, -0.05) is 48.5 Å². The molecule has 0 radical (unpaired) electrons. The third kappa shape index (κ3) is 5.44. The third-order valence-corrected chi connectivity index (χ3v) is 6.48. The normalized spacial score (nSPS) is 14.5. The van der Waals surface area contributed by atoms with Crippen LogP contribution in [0, 0.1) is 0 Å². The number of nitrogens with two attached hydrogens (primary N) is 1. The van der Waals surface area contributed by atoms with Gasteiger partial charge in [-0.3, -0.25) is 14.6 Å². The number of carbonyl (C=O) groups excluding carboxylic acids is 2. The third-order valence-electron chi connectivity index (χ3n) is 6.48. The van der Waals surface area contributed by atoms with Gasteiger partial charge in [-0.05, 0) is 83.5 Å². The first-order chi connectivity index (χ1) is 17.5. The molecule has 6 heteroatoms. The Morgan fingerprint density at radius 1 is 0.917 bits per heavy atom. The fourth-order valence-electron chi connectivity index (χ4n) is 4.53. The van der Waals surface area contributed by atoms with Crippen molar-refractivity contribution in [1.82, 2.24) is 10.3 Å². The Balaban J connectivity index is 1.20. The van der Waals surface area contributed by atoms with Crippen molar-refractivity contribution < 1.29 is 14.3 Å². The van der Waals surface area contributed by atoms with E-state index >= 15 is 0 Å². The average Bonchev–Trinajstić information content (AvgIpc) is 2.92. The van der Waals surface area contributed by atoms with Crippen LogP contribution in [0.1, 0.15) is 44.0 Å². The molecule has 1 atom stereocenters. The van der Waals surface area contributed by atoms with Gasteiger partial charge in [-0.2, -0.15) is 0 Å². The molecule has 2 amide bonds. The first kappa shape index (κ1) is 23.3. The Labute approximate surface area is 210 Å². The van der Waals surface area contributed by atoms with Crippen molar-refractivity contribution in [3.63, 3.8) is 0 Å². The molecule has 3 aromatic carbocycles. The lowest BCUT2D eigenvalue weighted by Crippen LogP contribution is -2.38. The van der Waals surface area contributed by atoms with Crippen LogP contribution < -0.4 is 15.8 Å². The quantitative estimate of drug-likeness (QED) is 0.403. The highest BCUT2D eigenvalue weighted by Gasteiger charge is 2.21. The lowest BCUT2D eigenvalue weighted by atomic mass is 9.88. The topological polar surface area (TPSA) is 94.3 Å². The van der Waals surface area contributed by atoms with Gasteiger partial charge in [0.2, 0.25) is 0 Å². The van der Waals surface area contributed by atoms with Gasteiger partial charge in [0.1, 0.15) is 18.1 Å². The second-order valence-corrected chi connectivity index (χ2v) is 8.99. The highest BCUT2D eigenvalue weighted by Crippen LogP contribution is 2.27. The number of aromatic nitrogens is 1. The van der Waals surface area contributed by atoms with E-state index in [2.05, 4.69) is 28.5 Å². The van der Waals surface area contributed by atoms with Gasteiger partial charge in [0, 0.05) is 17.8 Å².